The van der Waals surface area contributed by atoms with Crippen molar-refractivity contribution < 1.29 is 32.3 Å². The molecule has 2 aromatic carbocycles. The zero-order chi connectivity index (χ0) is 36.1. The van der Waals surface area contributed by atoms with E-state index in [9.17, 15) is 27.6 Å². The summed E-state index contributed by atoms with van der Waals surface area (Å²) >= 11 is 1.25. The highest BCUT2D eigenvalue weighted by Crippen LogP contribution is 2.29. The lowest BCUT2D eigenvalue weighted by Gasteiger charge is -2.32. The molecule has 4 amide bonds. The van der Waals surface area contributed by atoms with Crippen LogP contribution < -0.4 is 16.0 Å². The lowest BCUT2D eigenvalue weighted by atomic mass is 9.96. The third-order valence-corrected chi connectivity index (χ3v) is 9.63. The first-order valence-corrected chi connectivity index (χ1v) is 18.7. The van der Waals surface area contributed by atoms with Crippen molar-refractivity contribution in [2.75, 3.05) is 31.2 Å². The highest BCUT2D eigenvalue weighted by atomic mass is 32.2. The Morgan fingerprint density at radius 1 is 0.960 bits per heavy atom. The molecule has 0 unspecified atom stereocenters. The van der Waals surface area contributed by atoms with Crippen molar-refractivity contribution in [3.8, 4) is 22.4 Å². The molecule has 3 N–H and O–H groups in total. The first kappa shape index (κ1) is 36.3. The fourth-order valence-corrected chi connectivity index (χ4v) is 6.63. The average molecular weight is 721 g/mol. The Morgan fingerprint density at radius 2 is 1.64 bits per heavy atom. The molecule has 0 saturated carbocycles. The molecule has 1 fully saturated rings. The Balaban J connectivity index is 1.12. The van der Waals surface area contributed by atoms with Gasteiger partial charge in [-0.1, -0.05) is 36.4 Å². The summed E-state index contributed by atoms with van der Waals surface area (Å²) in [4.78, 5) is 56.3. The van der Waals surface area contributed by atoms with Crippen LogP contribution in [0, 0.1) is 5.92 Å². The number of carbonyl (C=O) groups is 4. The zero-order valence-electron chi connectivity index (χ0n) is 28.3. The molecule has 0 atom stereocenters. The molecular weight excluding hydrogens is 681 g/mol. The topological polar surface area (TPSA) is 169 Å². The second kappa shape index (κ2) is 15.3. The van der Waals surface area contributed by atoms with Gasteiger partial charge in [-0.05, 0) is 68.5 Å². The minimum absolute atomic E-state index is 0.0284. The van der Waals surface area contributed by atoms with Crippen molar-refractivity contribution >= 4 is 50.3 Å². The van der Waals surface area contributed by atoms with Crippen LogP contribution in [0.5, 0.6) is 0 Å². The summed E-state index contributed by atoms with van der Waals surface area (Å²) in [5.41, 5.74) is 3.94. The molecule has 0 spiro atoms. The van der Waals surface area contributed by atoms with Gasteiger partial charge in [-0.25, -0.2) is 18.2 Å². The van der Waals surface area contributed by atoms with Crippen LogP contribution in [0.2, 0.25) is 0 Å². The van der Waals surface area contributed by atoms with Crippen LogP contribution in [0.25, 0.3) is 22.4 Å². The summed E-state index contributed by atoms with van der Waals surface area (Å²) in [6.45, 7) is 6.52. The summed E-state index contributed by atoms with van der Waals surface area (Å²) in [6.07, 6.45) is 4.28. The number of piperidine rings is 1. The van der Waals surface area contributed by atoms with Gasteiger partial charge in [-0.2, -0.15) is 0 Å². The number of anilines is 1. The lowest BCUT2D eigenvalue weighted by Crippen LogP contribution is -2.44. The van der Waals surface area contributed by atoms with Gasteiger partial charge in [0, 0.05) is 48.9 Å². The number of hydrogen-bond acceptors (Lipinski definition) is 9. The highest BCUT2D eigenvalue weighted by molar-refractivity contribution is 7.89. The van der Waals surface area contributed by atoms with Gasteiger partial charge in [-0.15, -0.1) is 11.3 Å². The predicted molar refractivity (Wildman–Crippen MR) is 191 cm³/mol. The van der Waals surface area contributed by atoms with E-state index in [-0.39, 0.29) is 30.0 Å². The Labute approximate surface area is 295 Å². The molecule has 2 aromatic heterocycles. The second-order valence-corrected chi connectivity index (χ2v) is 15.7. The van der Waals surface area contributed by atoms with Crippen molar-refractivity contribution in [3.05, 3.63) is 83.5 Å². The lowest BCUT2D eigenvalue weighted by molar-refractivity contribution is -0.126. The van der Waals surface area contributed by atoms with E-state index >= 15 is 0 Å². The summed E-state index contributed by atoms with van der Waals surface area (Å²) < 4.78 is 29.6. The van der Waals surface area contributed by atoms with Gasteiger partial charge >= 0.3 is 6.09 Å². The number of nitrogens with zero attached hydrogens (tertiary/aromatic N) is 3. The fraction of sp³-hybridized carbons (Fsp3) is 0.343. The number of hydrogen-bond donors (Lipinski definition) is 3. The molecule has 0 aliphatic carbocycles. The molecule has 1 aliphatic heterocycles. The van der Waals surface area contributed by atoms with Crippen LogP contribution in [0.15, 0.2) is 72.4 Å². The number of nitrogens with one attached hydrogen (secondary N) is 3. The smallest absolute Gasteiger partial charge is 0.410 e. The van der Waals surface area contributed by atoms with Gasteiger partial charge in [-0.3, -0.25) is 18.4 Å². The SMILES string of the molecule is CC(C)(C)OC(=O)N1CCC(C(=O)NCc2cccc(-c3cccc(-c4csc(NC(=O)CNC(=O)c5ccn(S(C)(=O)=O)c5)n4)c3)c2)CC1. The van der Waals surface area contributed by atoms with E-state index in [0.29, 0.717) is 43.3 Å². The number of benzene rings is 2. The van der Waals surface area contributed by atoms with E-state index < -0.39 is 27.4 Å². The first-order chi connectivity index (χ1) is 23.6. The molecule has 15 heteroatoms. The van der Waals surface area contributed by atoms with E-state index in [1.54, 1.807) is 4.90 Å². The van der Waals surface area contributed by atoms with Gasteiger partial charge in [0.05, 0.1) is 24.1 Å². The fourth-order valence-electron chi connectivity index (χ4n) is 5.31. The molecule has 5 rings (SSSR count). The van der Waals surface area contributed by atoms with Crippen LogP contribution >= 0.6 is 11.3 Å². The molecule has 1 aliphatic rings. The predicted octanol–water partition coefficient (Wildman–Crippen LogP) is 4.72. The van der Waals surface area contributed by atoms with Crippen molar-refractivity contribution in [2.45, 2.75) is 45.8 Å². The van der Waals surface area contributed by atoms with Crippen molar-refractivity contribution in [2.24, 2.45) is 5.92 Å². The molecule has 1 saturated heterocycles. The maximum Gasteiger partial charge on any atom is 0.410 e. The van der Waals surface area contributed by atoms with Gasteiger partial charge < -0.3 is 25.6 Å². The van der Waals surface area contributed by atoms with Gasteiger partial charge in [0.25, 0.3) is 5.91 Å². The highest BCUT2D eigenvalue weighted by Gasteiger charge is 2.29. The Morgan fingerprint density at radius 3 is 2.32 bits per heavy atom. The van der Waals surface area contributed by atoms with Gasteiger partial charge in [0.1, 0.15) is 5.60 Å². The minimum atomic E-state index is -3.52. The number of carbonyl (C=O) groups excluding carboxylic acids is 4. The number of likely N-dealkylation sites (tertiary alicyclic amines) is 1. The van der Waals surface area contributed by atoms with E-state index in [1.807, 2.05) is 74.7 Å². The largest absolute Gasteiger partial charge is 0.444 e. The number of thiazole rings is 1. The molecule has 0 bridgehead atoms. The minimum Gasteiger partial charge on any atom is -0.444 e. The molecule has 264 valence electrons. The number of aromatic nitrogens is 2. The van der Waals surface area contributed by atoms with Gasteiger partial charge in [0.15, 0.2) is 5.13 Å². The van der Waals surface area contributed by atoms with Crippen molar-refractivity contribution in [1.82, 2.24) is 24.5 Å². The maximum absolute atomic E-state index is 12.9. The summed E-state index contributed by atoms with van der Waals surface area (Å²) in [7, 11) is -3.52. The molecule has 3 heterocycles. The molecular formula is C35H40N6O7S2. The summed E-state index contributed by atoms with van der Waals surface area (Å²) in [5, 5.41) is 10.4. The Hall–Kier alpha value is -5.02. The second-order valence-electron chi connectivity index (χ2n) is 13.0. The van der Waals surface area contributed by atoms with Crippen LogP contribution in [-0.2, 0) is 30.9 Å². The van der Waals surface area contributed by atoms with Crippen LogP contribution in [-0.4, -0.2) is 77.6 Å². The Bertz CT molecular complexity index is 1990. The molecule has 4 aromatic rings. The average Bonchev–Trinajstić information content (AvgIpc) is 3.77. The maximum atomic E-state index is 12.9. The van der Waals surface area contributed by atoms with E-state index in [1.165, 1.54) is 29.8 Å². The van der Waals surface area contributed by atoms with Crippen LogP contribution in [0.1, 0.15) is 49.5 Å². The summed E-state index contributed by atoms with van der Waals surface area (Å²) in [6, 6.07) is 17.1. The molecule has 13 nitrogen and oxygen atoms in total. The molecule has 0 radical (unpaired) electrons. The van der Waals surface area contributed by atoms with Crippen molar-refractivity contribution in [1.29, 1.82) is 0 Å². The number of rotatable bonds is 10. The van der Waals surface area contributed by atoms with Gasteiger partial charge in [0.2, 0.25) is 21.8 Å². The van der Waals surface area contributed by atoms with Crippen molar-refractivity contribution in [3.63, 3.8) is 0 Å². The number of ether oxygens (including phenoxy) is 1. The number of amides is 4. The quantitative estimate of drug-likeness (QED) is 0.212. The van der Waals surface area contributed by atoms with E-state index in [0.717, 1.165) is 32.5 Å². The monoisotopic (exact) mass is 720 g/mol. The third-order valence-electron chi connectivity index (χ3n) is 7.88. The first-order valence-electron chi connectivity index (χ1n) is 16.0. The molecule has 50 heavy (non-hydrogen) atoms. The van der Waals surface area contributed by atoms with Crippen LogP contribution in [0.3, 0.4) is 0 Å². The summed E-state index contributed by atoms with van der Waals surface area (Å²) in [5.74, 6) is -1.25. The van der Waals surface area contributed by atoms with E-state index in [4.69, 9.17) is 4.74 Å². The Kier molecular flexibility index (Phi) is 11.1. The standard InChI is InChI=1S/C35H40N6O7S2/c1-35(2,3)48-34(45)40-14-11-24(12-15-40)31(43)36-19-23-7-5-8-25(17-23)26-9-6-10-27(18-26)29-22-49-33(38-29)39-30(42)20-37-32(44)28-13-16-41(21-28)50(4,46)47/h5-10,13,16-18,21-22,24H,11-12,14-15,19-20H2,1-4H3,(H,36,43)(H,37,44)(H,38,39,42). The van der Waals surface area contributed by atoms with E-state index in [2.05, 4.69) is 20.9 Å². The normalized spacial score (nSPS) is 13.8. The van der Waals surface area contributed by atoms with Crippen LogP contribution in [0.4, 0.5) is 9.93 Å². The zero-order valence-corrected chi connectivity index (χ0v) is 29.9. The third kappa shape index (κ3) is 9.79.